The summed E-state index contributed by atoms with van der Waals surface area (Å²) < 4.78 is 0. The third kappa shape index (κ3) is 3.68. The minimum Gasteiger partial charge on any atom is -0.374 e. The second-order valence-electron chi connectivity index (χ2n) is 5.69. The standard InChI is InChI=1S/C20H17N5/c1-25(12-4-11-21)17-9-7-15(8-10-17)13-16(14-22)20-23-18-5-2-3-6-19(18)24-20/h2-3,5-10,13H,4,12H2,1H3,(H,23,24)/b16-13+. The molecular weight excluding hydrogens is 310 g/mol. The van der Waals surface area contributed by atoms with Gasteiger partial charge >= 0.3 is 0 Å². The van der Waals surface area contributed by atoms with Crippen molar-refractivity contribution in [2.24, 2.45) is 0 Å². The topological polar surface area (TPSA) is 79.5 Å². The fourth-order valence-electron chi connectivity index (χ4n) is 2.57. The van der Waals surface area contributed by atoms with Gasteiger partial charge in [0.15, 0.2) is 0 Å². The Hall–Kier alpha value is -3.57. The monoisotopic (exact) mass is 327 g/mol. The number of imidazole rings is 1. The molecule has 0 spiro atoms. The number of anilines is 1. The predicted octanol–water partition coefficient (Wildman–Crippen LogP) is 3.98. The molecule has 1 N–H and O–H groups in total. The zero-order valence-electron chi connectivity index (χ0n) is 13.9. The van der Waals surface area contributed by atoms with Crippen LogP contribution in [-0.2, 0) is 0 Å². The summed E-state index contributed by atoms with van der Waals surface area (Å²) in [6.07, 6.45) is 2.31. The van der Waals surface area contributed by atoms with Crippen molar-refractivity contribution in [3.63, 3.8) is 0 Å². The highest BCUT2D eigenvalue weighted by molar-refractivity contribution is 5.90. The first-order valence-corrected chi connectivity index (χ1v) is 7.96. The van der Waals surface area contributed by atoms with Gasteiger partial charge in [-0.1, -0.05) is 24.3 Å². The third-order valence-electron chi connectivity index (χ3n) is 3.97. The highest BCUT2D eigenvalue weighted by atomic mass is 15.1. The Bertz CT molecular complexity index is 950. The molecule has 0 saturated heterocycles. The fraction of sp³-hybridized carbons (Fsp3) is 0.150. The molecule has 0 aliphatic rings. The summed E-state index contributed by atoms with van der Waals surface area (Å²) in [5.41, 5.74) is 4.20. The van der Waals surface area contributed by atoms with Gasteiger partial charge in [0, 0.05) is 19.3 Å². The average molecular weight is 327 g/mol. The van der Waals surface area contributed by atoms with Crippen molar-refractivity contribution in [3.8, 4) is 12.1 Å². The van der Waals surface area contributed by atoms with Gasteiger partial charge in [-0.05, 0) is 35.9 Å². The molecule has 1 aromatic heterocycles. The molecule has 0 fully saturated rings. The lowest BCUT2D eigenvalue weighted by Gasteiger charge is -2.17. The second-order valence-corrected chi connectivity index (χ2v) is 5.69. The van der Waals surface area contributed by atoms with Crippen LogP contribution in [0, 0.1) is 22.7 Å². The van der Waals surface area contributed by atoms with Gasteiger partial charge in [-0.25, -0.2) is 4.98 Å². The van der Waals surface area contributed by atoms with Crippen LogP contribution in [0.2, 0.25) is 0 Å². The second kappa shape index (κ2) is 7.33. The highest BCUT2D eigenvalue weighted by Gasteiger charge is 2.08. The SMILES string of the molecule is CN(CCC#N)c1ccc(/C=C(\C#N)c2nc3ccccc3[nH]2)cc1. The van der Waals surface area contributed by atoms with Crippen LogP contribution in [0.3, 0.4) is 0 Å². The number of H-pyrrole nitrogens is 1. The third-order valence-corrected chi connectivity index (χ3v) is 3.97. The maximum atomic E-state index is 9.49. The van der Waals surface area contributed by atoms with Crippen LogP contribution in [0.25, 0.3) is 22.7 Å². The van der Waals surface area contributed by atoms with Crippen molar-refractivity contribution in [2.45, 2.75) is 6.42 Å². The molecule has 0 bridgehead atoms. The van der Waals surface area contributed by atoms with Gasteiger partial charge in [0.1, 0.15) is 11.9 Å². The number of nitrogens with zero attached hydrogens (tertiary/aromatic N) is 4. The van der Waals surface area contributed by atoms with E-state index >= 15 is 0 Å². The first-order valence-electron chi connectivity index (χ1n) is 7.96. The molecule has 0 atom stereocenters. The molecule has 0 unspecified atom stereocenters. The van der Waals surface area contributed by atoms with E-state index in [1.807, 2.05) is 66.6 Å². The Balaban J connectivity index is 1.85. The van der Waals surface area contributed by atoms with Crippen LogP contribution in [0.5, 0.6) is 0 Å². The van der Waals surface area contributed by atoms with Crippen LogP contribution in [0.15, 0.2) is 48.5 Å². The number of aromatic nitrogens is 2. The number of para-hydroxylation sites is 2. The Morgan fingerprint density at radius 1 is 1.16 bits per heavy atom. The molecule has 0 radical (unpaired) electrons. The van der Waals surface area contributed by atoms with Crippen LogP contribution in [0.1, 0.15) is 17.8 Å². The molecule has 1 heterocycles. The maximum Gasteiger partial charge on any atom is 0.149 e. The smallest absolute Gasteiger partial charge is 0.149 e. The molecule has 2 aromatic carbocycles. The van der Waals surface area contributed by atoms with Crippen molar-refractivity contribution in [1.82, 2.24) is 9.97 Å². The van der Waals surface area contributed by atoms with Crippen molar-refractivity contribution < 1.29 is 0 Å². The highest BCUT2D eigenvalue weighted by Crippen LogP contribution is 2.21. The van der Waals surface area contributed by atoms with Crippen LogP contribution in [0.4, 0.5) is 5.69 Å². The van der Waals surface area contributed by atoms with Gasteiger partial charge in [0.05, 0.1) is 29.1 Å². The van der Waals surface area contributed by atoms with Gasteiger partial charge in [0.2, 0.25) is 0 Å². The summed E-state index contributed by atoms with van der Waals surface area (Å²) in [4.78, 5) is 9.68. The lowest BCUT2D eigenvalue weighted by molar-refractivity contribution is 0.905. The molecule has 5 heteroatoms. The zero-order chi connectivity index (χ0) is 17.6. The Kier molecular flexibility index (Phi) is 4.78. The van der Waals surface area contributed by atoms with E-state index < -0.39 is 0 Å². The Morgan fingerprint density at radius 3 is 2.60 bits per heavy atom. The molecule has 0 saturated carbocycles. The van der Waals surface area contributed by atoms with E-state index in [0.29, 0.717) is 24.4 Å². The van der Waals surface area contributed by atoms with E-state index in [4.69, 9.17) is 5.26 Å². The lowest BCUT2D eigenvalue weighted by atomic mass is 10.1. The minimum absolute atomic E-state index is 0.488. The normalized spacial score (nSPS) is 11.1. The average Bonchev–Trinajstić information content (AvgIpc) is 3.08. The first kappa shape index (κ1) is 16.3. The number of nitriles is 2. The number of fused-ring (bicyclic) bond motifs is 1. The molecule has 0 aliphatic heterocycles. The van der Waals surface area contributed by atoms with Crippen molar-refractivity contribution in [1.29, 1.82) is 10.5 Å². The quantitative estimate of drug-likeness (QED) is 0.719. The molecule has 3 rings (SSSR count). The predicted molar refractivity (Wildman–Crippen MR) is 99.5 cm³/mol. The largest absolute Gasteiger partial charge is 0.374 e. The van der Waals surface area contributed by atoms with Crippen molar-refractivity contribution in [2.75, 3.05) is 18.5 Å². The molecule has 3 aromatic rings. The van der Waals surface area contributed by atoms with Gasteiger partial charge in [-0.2, -0.15) is 10.5 Å². The first-order chi connectivity index (χ1) is 12.2. The summed E-state index contributed by atoms with van der Waals surface area (Å²) in [5.74, 6) is 0.568. The van der Waals surface area contributed by atoms with E-state index in [9.17, 15) is 5.26 Å². The molecule has 122 valence electrons. The molecule has 0 amide bonds. The molecular formula is C20H17N5. The summed E-state index contributed by atoms with van der Waals surface area (Å²) >= 11 is 0. The van der Waals surface area contributed by atoms with E-state index in [0.717, 1.165) is 22.3 Å². The number of hydrogen-bond donors (Lipinski definition) is 1. The fourth-order valence-corrected chi connectivity index (χ4v) is 2.57. The summed E-state index contributed by atoms with van der Waals surface area (Å²) in [5, 5.41) is 18.2. The van der Waals surface area contributed by atoms with Crippen LogP contribution >= 0.6 is 0 Å². The zero-order valence-corrected chi connectivity index (χ0v) is 13.9. The number of nitrogens with one attached hydrogen (secondary N) is 1. The van der Waals surface area contributed by atoms with Crippen LogP contribution in [-0.4, -0.2) is 23.6 Å². The molecule has 25 heavy (non-hydrogen) atoms. The number of aromatic amines is 1. The van der Waals surface area contributed by atoms with Crippen molar-refractivity contribution >= 4 is 28.4 Å². The van der Waals surface area contributed by atoms with E-state index in [1.54, 1.807) is 0 Å². The lowest BCUT2D eigenvalue weighted by Crippen LogP contribution is -2.17. The van der Waals surface area contributed by atoms with Gasteiger partial charge in [-0.3, -0.25) is 0 Å². The van der Waals surface area contributed by atoms with Gasteiger partial charge < -0.3 is 9.88 Å². The Labute approximate surface area is 146 Å². The molecule has 5 nitrogen and oxygen atoms in total. The van der Waals surface area contributed by atoms with E-state index in [1.165, 1.54) is 0 Å². The molecule has 0 aliphatic carbocycles. The number of hydrogen-bond acceptors (Lipinski definition) is 4. The number of rotatable bonds is 5. The number of allylic oxidation sites excluding steroid dienone is 1. The summed E-state index contributed by atoms with van der Waals surface area (Å²) in [7, 11) is 1.96. The maximum absolute atomic E-state index is 9.49. The van der Waals surface area contributed by atoms with Gasteiger partial charge in [0.25, 0.3) is 0 Å². The summed E-state index contributed by atoms with van der Waals surface area (Å²) in [6, 6.07) is 19.9. The van der Waals surface area contributed by atoms with E-state index in [2.05, 4.69) is 22.1 Å². The minimum atomic E-state index is 0.488. The van der Waals surface area contributed by atoms with Crippen LogP contribution < -0.4 is 4.90 Å². The van der Waals surface area contributed by atoms with E-state index in [-0.39, 0.29) is 0 Å². The summed E-state index contributed by atoms with van der Waals surface area (Å²) in [6.45, 7) is 0.689. The Morgan fingerprint density at radius 2 is 1.92 bits per heavy atom. The van der Waals surface area contributed by atoms with Gasteiger partial charge in [-0.15, -0.1) is 0 Å². The number of benzene rings is 2. The van der Waals surface area contributed by atoms with Crippen molar-refractivity contribution in [3.05, 3.63) is 59.9 Å².